The number of aryl methyl sites for hydroxylation is 2. The topological polar surface area (TPSA) is 42.3 Å². The third-order valence-electron chi connectivity index (χ3n) is 6.73. The highest BCUT2D eigenvalue weighted by molar-refractivity contribution is 7.80. The number of thiocarbonyl (C=S) groups is 1. The van der Waals surface area contributed by atoms with Gasteiger partial charge in [0, 0.05) is 34.0 Å². The molecule has 184 valence electrons. The van der Waals surface area contributed by atoms with Crippen LogP contribution in [-0.4, -0.2) is 21.3 Å². The normalized spacial score (nSPS) is 17.4. The Morgan fingerprint density at radius 3 is 2.50 bits per heavy atom. The van der Waals surface area contributed by atoms with Crippen LogP contribution < -0.4 is 15.0 Å². The van der Waals surface area contributed by atoms with E-state index in [0.717, 1.165) is 44.8 Å². The van der Waals surface area contributed by atoms with Gasteiger partial charge in [0.2, 0.25) is 0 Å². The molecule has 1 saturated heterocycles. The first-order valence-corrected chi connectivity index (χ1v) is 12.9. The molecular formula is C29H29ClN4OS. The number of hydrogen-bond acceptors (Lipinski definition) is 3. The highest BCUT2D eigenvalue weighted by atomic mass is 35.5. The van der Waals surface area contributed by atoms with E-state index in [4.69, 9.17) is 28.6 Å². The first-order valence-electron chi connectivity index (χ1n) is 12.1. The lowest BCUT2D eigenvalue weighted by Gasteiger charge is -2.28. The number of halogens is 1. The maximum Gasteiger partial charge on any atom is 0.174 e. The standard InChI is InChI=1S/C29H29ClN4OS/c1-5-35-23-13-11-22(12-14-23)34-28(27(32-29(34)36)25-8-6-7-15-31-25)24-16-19(3)33(20(24)4)26-17-21(30)10-9-18(26)2/h6-17,27-28H,5H2,1-4H3,(H,32,36)/t27-,28+/m0/s1. The third-order valence-corrected chi connectivity index (χ3v) is 7.27. The van der Waals surface area contributed by atoms with Crippen molar-refractivity contribution in [2.75, 3.05) is 11.5 Å². The largest absolute Gasteiger partial charge is 0.494 e. The fourth-order valence-corrected chi connectivity index (χ4v) is 5.61. The molecule has 0 aliphatic carbocycles. The van der Waals surface area contributed by atoms with Crippen LogP contribution in [-0.2, 0) is 0 Å². The number of hydrogen-bond donors (Lipinski definition) is 1. The number of nitrogens with zero attached hydrogens (tertiary/aromatic N) is 3. The molecular weight excluding hydrogens is 488 g/mol. The van der Waals surface area contributed by atoms with E-state index in [2.05, 4.69) is 70.9 Å². The molecule has 36 heavy (non-hydrogen) atoms. The van der Waals surface area contributed by atoms with Crippen molar-refractivity contribution in [2.24, 2.45) is 0 Å². The van der Waals surface area contributed by atoms with Gasteiger partial charge in [0.1, 0.15) is 5.75 Å². The van der Waals surface area contributed by atoms with Crippen LogP contribution in [0, 0.1) is 20.8 Å². The number of nitrogens with one attached hydrogen (secondary N) is 1. The highest BCUT2D eigenvalue weighted by Gasteiger charge is 2.42. The lowest BCUT2D eigenvalue weighted by molar-refractivity contribution is 0.340. The molecule has 0 radical (unpaired) electrons. The van der Waals surface area contributed by atoms with Crippen molar-refractivity contribution in [1.29, 1.82) is 0 Å². The predicted octanol–water partition coefficient (Wildman–Crippen LogP) is 7.03. The summed E-state index contributed by atoms with van der Waals surface area (Å²) < 4.78 is 7.95. The van der Waals surface area contributed by atoms with E-state index in [1.165, 1.54) is 5.56 Å². The molecule has 5 nitrogen and oxygen atoms in total. The monoisotopic (exact) mass is 516 g/mol. The molecule has 2 aromatic carbocycles. The van der Waals surface area contributed by atoms with Crippen molar-refractivity contribution >= 4 is 34.6 Å². The summed E-state index contributed by atoms with van der Waals surface area (Å²) in [5.74, 6) is 0.840. The Bertz CT molecular complexity index is 1400. The van der Waals surface area contributed by atoms with Crippen LogP contribution in [0.5, 0.6) is 5.75 Å². The van der Waals surface area contributed by atoms with E-state index in [-0.39, 0.29) is 12.1 Å². The molecule has 1 aliphatic heterocycles. The SMILES string of the molecule is CCOc1ccc(N2C(=S)N[C@@H](c3ccccn3)[C@H]2c2cc(C)n(-c3cc(Cl)ccc3C)c2C)cc1. The predicted molar refractivity (Wildman–Crippen MR) is 151 cm³/mol. The summed E-state index contributed by atoms with van der Waals surface area (Å²) in [4.78, 5) is 6.88. The average molecular weight is 517 g/mol. The van der Waals surface area contributed by atoms with Crippen LogP contribution in [0.1, 0.15) is 47.2 Å². The minimum atomic E-state index is -0.111. The van der Waals surface area contributed by atoms with Gasteiger partial charge >= 0.3 is 0 Å². The number of rotatable bonds is 6. The molecule has 5 rings (SSSR count). The molecule has 7 heteroatoms. The summed E-state index contributed by atoms with van der Waals surface area (Å²) in [5.41, 5.74) is 7.66. The minimum Gasteiger partial charge on any atom is -0.494 e. The van der Waals surface area contributed by atoms with Crippen molar-refractivity contribution in [1.82, 2.24) is 14.9 Å². The molecule has 1 aliphatic rings. The summed E-state index contributed by atoms with van der Waals surface area (Å²) in [6.45, 7) is 9.02. The molecule has 4 aromatic rings. The molecule has 1 fully saturated rings. The molecule has 2 atom stereocenters. The minimum absolute atomic E-state index is 0.0928. The lowest BCUT2D eigenvalue weighted by Crippen LogP contribution is -2.29. The van der Waals surface area contributed by atoms with E-state index in [9.17, 15) is 0 Å². The molecule has 0 unspecified atom stereocenters. The zero-order valence-electron chi connectivity index (χ0n) is 20.8. The van der Waals surface area contributed by atoms with Gasteiger partial charge in [0.25, 0.3) is 0 Å². The maximum absolute atomic E-state index is 6.40. The van der Waals surface area contributed by atoms with Crippen LogP contribution in [0.3, 0.4) is 0 Å². The number of pyridine rings is 1. The van der Waals surface area contributed by atoms with E-state index in [1.54, 1.807) is 0 Å². The Morgan fingerprint density at radius 2 is 1.81 bits per heavy atom. The van der Waals surface area contributed by atoms with Crippen molar-refractivity contribution in [3.05, 3.63) is 106 Å². The maximum atomic E-state index is 6.40. The van der Waals surface area contributed by atoms with Crippen LogP contribution >= 0.6 is 23.8 Å². The lowest BCUT2D eigenvalue weighted by atomic mass is 9.96. The molecule has 0 spiro atoms. The second kappa shape index (κ2) is 9.96. The summed E-state index contributed by atoms with van der Waals surface area (Å²) in [5, 5.41) is 4.94. The highest BCUT2D eigenvalue weighted by Crippen LogP contribution is 2.44. The van der Waals surface area contributed by atoms with Gasteiger partial charge in [-0.25, -0.2) is 0 Å². The smallest absolute Gasteiger partial charge is 0.174 e. The first kappa shape index (κ1) is 24.3. The molecule has 1 N–H and O–H groups in total. The van der Waals surface area contributed by atoms with Crippen molar-refractivity contribution < 1.29 is 4.74 Å². The molecule has 0 bridgehead atoms. The zero-order chi connectivity index (χ0) is 25.4. The van der Waals surface area contributed by atoms with E-state index < -0.39 is 0 Å². The second-order valence-electron chi connectivity index (χ2n) is 9.02. The molecule has 2 aromatic heterocycles. The van der Waals surface area contributed by atoms with Gasteiger partial charge < -0.3 is 19.5 Å². The van der Waals surface area contributed by atoms with Gasteiger partial charge in [-0.2, -0.15) is 0 Å². The van der Waals surface area contributed by atoms with Crippen LogP contribution in [0.4, 0.5) is 5.69 Å². The number of anilines is 1. The Morgan fingerprint density at radius 1 is 1.03 bits per heavy atom. The average Bonchev–Trinajstić information content (AvgIpc) is 3.37. The zero-order valence-corrected chi connectivity index (χ0v) is 22.4. The summed E-state index contributed by atoms with van der Waals surface area (Å²) in [7, 11) is 0. The number of ether oxygens (including phenoxy) is 1. The van der Waals surface area contributed by atoms with Gasteiger partial charge in [-0.05, 0) is 106 Å². The van der Waals surface area contributed by atoms with Crippen LogP contribution in [0.15, 0.2) is 72.9 Å². The molecule has 3 heterocycles. The van der Waals surface area contributed by atoms with Gasteiger partial charge in [-0.3, -0.25) is 4.98 Å². The van der Waals surface area contributed by atoms with E-state index >= 15 is 0 Å². The molecule has 0 saturated carbocycles. The van der Waals surface area contributed by atoms with Gasteiger partial charge in [-0.1, -0.05) is 23.7 Å². The van der Waals surface area contributed by atoms with Gasteiger partial charge in [-0.15, -0.1) is 0 Å². The third kappa shape index (κ3) is 4.36. The quantitative estimate of drug-likeness (QED) is 0.279. The van der Waals surface area contributed by atoms with Crippen molar-refractivity contribution in [3.63, 3.8) is 0 Å². The fourth-order valence-electron chi connectivity index (χ4n) is 5.10. The van der Waals surface area contributed by atoms with Gasteiger partial charge in [0.15, 0.2) is 5.11 Å². The van der Waals surface area contributed by atoms with Crippen LogP contribution in [0.25, 0.3) is 5.69 Å². The first-order chi connectivity index (χ1) is 17.4. The Labute approximate surface area is 222 Å². The number of aromatic nitrogens is 2. The Hall–Kier alpha value is -3.35. The van der Waals surface area contributed by atoms with Gasteiger partial charge in [0.05, 0.1) is 24.4 Å². The summed E-state index contributed by atoms with van der Waals surface area (Å²) >= 11 is 12.3. The second-order valence-corrected chi connectivity index (χ2v) is 9.84. The summed E-state index contributed by atoms with van der Waals surface area (Å²) in [6, 6.07) is 22.2. The van der Waals surface area contributed by atoms with E-state index in [1.807, 2.05) is 49.5 Å². The van der Waals surface area contributed by atoms with Crippen molar-refractivity contribution in [3.8, 4) is 11.4 Å². The Balaban J connectivity index is 1.66. The van der Waals surface area contributed by atoms with Crippen LogP contribution in [0.2, 0.25) is 5.02 Å². The number of benzene rings is 2. The molecule has 0 amide bonds. The Kier molecular flexibility index (Phi) is 6.73. The summed E-state index contributed by atoms with van der Waals surface area (Å²) in [6.07, 6.45) is 1.83. The fraction of sp³-hybridized carbons (Fsp3) is 0.241. The van der Waals surface area contributed by atoms with E-state index in [0.29, 0.717) is 11.7 Å². The van der Waals surface area contributed by atoms with Crippen molar-refractivity contribution in [2.45, 2.75) is 39.8 Å².